The van der Waals surface area contributed by atoms with Crippen LogP contribution in [0.5, 0.6) is 0 Å². The summed E-state index contributed by atoms with van der Waals surface area (Å²) >= 11 is 1.75. The molecule has 124 valence electrons. The fourth-order valence-electron chi connectivity index (χ4n) is 3.07. The maximum Gasteiger partial charge on any atom is 0.222 e. The second-order valence-electron chi connectivity index (χ2n) is 6.27. The second kappa shape index (κ2) is 8.09. The highest BCUT2D eigenvalue weighted by Crippen LogP contribution is 2.31. The molecule has 2 atom stereocenters. The normalized spacial score (nSPS) is 25.4. The Morgan fingerprint density at radius 1 is 1.59 bits per heavy atom. The molecule has 2 heterocycles. The molecular weight excluding hydrogens is 298 g/mol. The van der Waals surface area contributed by atoms with Crippen LogP contribution in [0.4, 0.5) is 0 Å². The lowest BCUT2D eigenvalue weighted by molar-refractivity contribution is -0.140. The molecule has 1 amide bonds. The molecule has 22 heavy (non-hydrogen) atoms. The van der Waals surface area contributed by atoms with Gasteiger partial charge in [-0.05, 0) is 37.1 Å². The van der Waals surface area contributed by atoms with Crippen LogP contribution in [-0.2, 0) is 16.0 Å². The average molecular weight is 325 g/mol. The number of piperidine rings is 1. The molecular formula is C17H27NO3S. The predicted molar refractivity (Wildman–Crippen MR) is 89.1 cm³/mol. The van der Waals surface area contributed by atoms with Gasteiger partial charge in [-0.3, -0.25) is 4.79 Å². The molecule has 4 nitrogen and oxygen atoms in total. The SMILES string of the molecule is COCC[C@@]1(O)CCN(C(=O)CCCc2cccs2)C[C@@H]1C. The summed E-state index contributed by atoms with van der Waals surface area (Å²) < 4.78 is 5.08. The van der Waals surface area contributed by atoms with Crippen molar-refractivity contribution >= 4 is 17.2 Å². The summed E-state index contributed by atoms with van der Waals surface area (Å²) in [6, 6.07) is 4.17. The van der Waals surface area contributed by atoms with Gasteiger partial charge in [0.05, 0.1) is 5.60 Å². The molecule has 1 saturated heterocycles. The van der Waals surface area contributed by atoms with E-state index >= 15 is 0 Å². The zero-order chi connectivity index (χ0) is 16.0. The van der Waals surface area contributed by atoms with E-state index in [1.807, 2.05) is 11.8 Å². The number of hydrogen-bond acceptors (Lipinski definition) is 4. The number of thiophene rings is 1. The third-order valence-electron chi connectivity index (χ3n) is 4.71. The third-order valence-corrected chi connectivity index (χ3v) is 5.65. The van der Waals surface area contributed by atoms with Gasteiger partial charge >= 0.3 is 0 Å². The van der Waals surface area contributed by atoms with Crippen LogP contribution in [0.15, 0.2) is 17.5 Å². The van der Waals surface area contributed by atoms with Crippen LogP contribution in [0.25, 0.3) is 0 Å². The Morgan fingerprint density at radius 3 is 3.05 bits per heavy atom. The molecule has 1 N–H and O–H groups in total. The molecule has 0 bridgehead atoms. The van der Waals surface area contributed by atoms with Crippen molar-refractivity contribution in [3.05, 3.63) is 22.4 Å². The lowest BCUT2D eigenvalue weighted by atomic mass is 9.80. The number of ether oxygens (including phenoxy) is 1. The molecule has 0 saturated carbocycles. The summed E-state index contributed by atoms with van der Waals surface area (Å²) in [5, 5.41) is 12.7. The van der Waals surface area contributed by atoms with E-state index in [9.17, 15) is 9.90 Å². The van der Waals surface area contributed by atoms with E-state index < -0.39 is 5.60 Å². The number of nitrogens with zero attached hydrogens (tertiary/aromatic N) is 1. The monoisotopic (exact) mass is 325 g/mol. The van der Waals surface area contributed by atoms with E-state index in [0.717, 1.165) is 12.8 Å². The van der Waals surface area contributed by atoms with Gasteiger partial charge in [-0.15, -0.1) is 11.3 Å². The molecule has 5 heteroatoms. The Bertz CT molecular complexity index is 462. The summed E-state index contributed by atoms with van der Waals surface area (Å²) in [7, 11) is 1.65. The van der Waals surface area contributed by atoms with Crippen LogP contribution >= 0.6 is 11.3 Å². The Hall–Kier alpha value is -0.910. The fourth-order valence-corrected chi connectivity index (χ4v) is 3.82. The van der Waals surface area contributed by atoms with Gasteiger partial charge < -0.3 is 14.7 Å². The molecule has 1 aromatic heterocycles. The zero-order valence-corrected chi connectivity index (χ0v) is 14.4. The highest BCUT2D eigenvalue weighted by Gasteiger charge is 2.39. The number of amides is 1. The number of hydrogen-bond donors (Lipinski definition) is 1. The highest BCUT2D eigenvalue weighted by atomic mass is 32.1. The van der Waals surface area contributed by atoms with Crippen molar-refractivity contribution in [2.24, 2.45) is 5.92 Å². The van der Waals surface area contributed by atoms with Gasteiger partial charge in [0.15, 0.2) is 0 Å². The number of aryl methyl sites for hydroxylation is 1. The molecule has 0 unspecified atom stereocenters. The summed E-state index contributed by atoms with van der Waals surface area (Å²) in [5.41, 5.74) is -0.691. The second-order valence-corrected chi connectivity index (χ2v) is 7.30. The van der Waals surface area contributed by atoms with Crippen LogP contribution in [-0.4, -0.2) is 48.3 Å². The Labute approximate surface area is 137 Å². The van der Waals surface area contributed by atoms with Gasteiger partial charge in [0, 0.05) is 44.0 Å². The Kier molecular flexibility index (Phi) is 6.41. The number of methoxy groups -OCH3 is 1. The Morgan fingerprint density at radius 2 is 2.41 bits per heavy atom. The van der Waals surface area contributed by atoms with E-state index in [2.05, 4.69) is 17.5 Å². The lowest BCUT2D eigenvalue weighted by Crippen LogP contribution is -2.52. The molecule has 1 fully saturated rings. The van der Waals surface area contributed by atoms with Crippen molar-refractivity contribution < 1.29 is 14.6 Å². The molecule has 0 aliphatic carbocycles. The van der Waals surface area contributed by atoms with Gasteiger partial charge in [-0.1, -0.05) is 13.0 Å². The molecule has 1 aliphatic rings. The van der Waals surface area contributed by atoms with Crippen molar-refractivity contribution in [3.63, 3.8) is 0 Å². The van der Waals surface area contributed by atoms with Crippen molar-refractivity contribution in [3.8, 4) is 0 Å². The zero-order valence-electron chi connectivity index (χ0n) is 13.6. The van der Waals surface area contributed by atoms with Crippen LogP contribution in [0.3, 0.4) is 0 Å². The van der Waals surface area contributed by atoms with Crippen LogP contribution < -0.4 is 0 Å². The smallest absolute Gasteiger partial charge is 0.222 e. The van der Waals surface area contributed by atoms with E-state index in [-0.39, 0.29) is 11.8 Å². The van der Waals surface area contributed by atoms with Crippen molar-refractivity contribution in [2.75, 3.05) is 26.8 Å². The highest BCUT2D eigenvalue weighted by molar-refractivity contribution is 7.09. The quantitative estimate of drug-likeness (QED) is 0.838. The van der Waals surface area contributed by atoms with Gasteiger partial charge in [0.25, 0.3) is 0 Å². The van der Waals surface area contributed by atoms with Gasteiger partial charge in [-0.2, -0.15) is 0 Å². The molecule has 0 spiro atoms. The first-order valence-corrected chi connectivity index (χ1v) is 8.94. The number of rotatable bonds is 7. The first-order valence-electron chi connectivity index (χ1n) is 8.06. The van der Waals surface area contributed by atoms with Crippen molar-refractivity contribution in [2.45, 2.75) is 44.6 Å². The van der Waals surface area contributed by atoms with Crippen molar-refractivity contribution in [1.82, 2.24) is 4.90 Å². The maximum absolute atomic E-state index is 12.3. The van der Waals surface area contributed by atoms with Gasteiger partial charge in [0.2, 0.25) is 5.91 Å². The van der Waals surface area contributed by atoms with Gasteiger partial charge in [0.1, 0.15) is 0 Å². The predicted octanol–water partition coefficient (Wildman–Crippen LogP) is 2.71. The third kappa shape index (κ3) is 4.54. The maximum atomic E-state index is 12.3. The van der Waals surface area contributed by atoms with Crippen LogP contribution in [0.1, 0.15) is 37.5 Å². The standard InChI is InChI=1S/C17H27NO3S/c1-14-13-18(10-8-17(14,20)9-11-21-2)16(19)7-3-5-15-6-4-12-22-15/h4,6,12,14,20H,3,5,7-11,13H2,1-2H3/t14-,17-/m0/s1. The minimum absolute atomic E-state index is 0.0950. The average Bonchev–Trinajstić information content (AvgIpc) is 3.01. The van der Waals surface area contributed by atoms with Gasteiger partial charge in [-0.25, -0.2) is 0 Å². The molecule has 0 aromatic carbocycles. The van der Waals surface area contributed by atoms with E-state index in [4.69, 9.17) is 4.74 Å². The van der Waals surface area contributed by atoms with E-state index in [1.165, 1.54) is 4.88 Å². The first-order chi connectivity index (χ1) is 10.5. The van der Waals surface area contributed by atoms with Crippen LogP contribution in [0, 0.1) is 5.92 Å². The number of likely N-dealkylation sites (tertiary alicyclic amines) is 1. The summed E-state index contributed by atoms with van der Waals surface area (Å²) in [6.45, 7) is 3.90. The van der Waals surface area contributed by atoms with Crippen LogP contribution in [0.2, 0.25) is 0 Å². The summed E-state index contributed by atoms with van der Waals surface area (Å²) in [4.78, 5) is 15.6. The number of carbonyl (C=O) groups is 1. The lowest BCUT2D eigenvalue weighted by Gasteiger charge is -2.43. The van der Waals surface area contributed by atoms with Crippen molar-refractivity contribution in [1.29, 1.82) is 0 Å². The number of aliphatic hydroxyl groups is 1. The summed E-state index contributed by atoms with van der Waals surface area (Å²) in [5.74, 6) is 0.315. The number of carbonyl (C=O) groups excluding carboxylic acids is 1. The molecule has 1 aliphatic heterocycles. The fraction of sp³-hybridized carbons (Fsp3) is 0.706. The topological polar surface area (TPSA) is 49.8 Å². The molecule has 2 rings (SSSR count). The largest absolute Gasteiger partial charge is 0.389 e. The summed E-state index contributed by atoms with van der Waals surface area (Å²) in [6.07, 6.45) is 3.77. The molecule has 1 aromatic rings. The minimum Gasteiger partial charge on any atom is -0.389 e. The molecule has 0 radical (unpaired) electrons. The Balaban J connectivity index is 1.75. The van der Waals surface area contributed by atoms with E-state index in [1.54, 1.807) is 18.4 Å². The minimum atomic E-state index is -0.691. The van der Waals surface area contributed by atoms with E-state index in [0.29, 0.717) is 39.0 Å². The first kappa shape index (κ1) is 17.4.